The Morgan fingerprint density at radius 3 is 2.32 bits per heavy atom. The van der Waals surface area contributed by atoms with Gasteiger partial charge in [-0.05, 0) is 45.5 Å². The molecule has 0 radical (unpaired) electrons. The molecule has 0 fully saturated rings. The van der Waals surface area contributed by atoms with E-state index in [1.54, 1.807) is 11.8 Å². The number of amides is 1. The summed E-state index contributed by atoms with van der Waals surface area (Å²) >= 11 is 1.63. The van der Waals surface area contributed by atoms with Crippen LogP contribution in [0.25, 0.3) is 0 Å². The molecule has 0 aliphatic rings. The smallest absolute Gasteiger partial charge is 0.235 e. The highest BCUT2D eigenvalue weighted by atomic mass is 32.2. The molecule has 106 valence electrons. The van der Waals surface area contributed by atoms with E-state index in [1.165, 1.54) is 5.56 Å². The topological polar surface area (TPSA) is 32.3 Å². The highest BCUT2D eigenvalue weighted by molar-refractivity contribution is 8.00. The Labute approximate surface area is 120 Å². The molecule has 1 rings (SSSR count). The van der Waals surface area contributed by atoms with Crippen LogP contribution in [0.3, 0.4) is 0 Å². The molecule has 1 atom stereocenters. The lowest BCUT2D eigenvalue weighted by atomic mass is 10.2. The molecule has 0 bridgehead atoms. The average molecular weight is 280 g/mol. The summed E-state index contributed by atoms with van der Waals surface area (Å²) in [6.45, 7) is 8.45. The number of thioether (sulfide) groups is 1. The summed E-state index contributed by atoms with van der Waals surface area (Å²) < 4.78 is 0. The highest BCUT2D eigenvalue weighted by Crippen LogP contribution is 2.24. The van der Waals surface area contributed by atoms with Crippen molar-refractivity contribution in [3.8, 4) is 0 Å². The van der Waals surface area contributed by atoms with Crippen molar-refractivity contribution in [2.75, 3.05) is 20.1 Å². The van der Waals surface area contributed by atoms with E-state index >= 15 is 0 Å². The molecule has 0 saturated carbocycles. The molecule has 1 unspecified atom stereocenters. The first-order valence-electron chi connectivity index (χ1n) is 6.81. The maximum atomic E-state index is 12.2. The van der Waals surface area contributed by atoms with Crippen LogP contribution in [-0.2, 0) is 11.3 Å². The number of hydrogen-bond donors (Lipinski definition) is 1. The van der Waals surface area contributed by atoms with Crippen LogP contribution in [0.15, 0.2) is 29.2 Å². The second-order valence-electron chi connectivity index (χ2n) is 4.44. The molecule has 1 amide bonds. The van der Waals surface area contributed by atoms with Gasteiger partial charge in [0.25, 0.3) is 0 Å². The lowest BCUT2D eigenvalue weighted by Gasteiger charge is -2.22. The molecule has 0 saturated heterocycles. The van der Waals surface area contributed by atoms with Crippen LogP contribution in [0.2, 0.25) is 0 Å². The second kappa shape index (κ2) is 8.23. The third kappa shape index (κ3) is 4.88. The van der Waals surface area contributed by atoms with E-state index in [0.717, 1.165) is 24.5 Å². The maximum Gasteiger partial charge on any atom is 0.235 e. The molecule has 0 spiro atoms. The fraction of sp³-hybridized carbons (Fsp3) is 0.533. The van der Waals surface area contributed by atoms with Crippen molar-refractivity contribution in [2.45, 2.75) is 37.5 Å². The molecule has 0 aromatic heterocycles. The largest absolute Gasteiger partial charge is 0.342 e. The number of rotatable bonds is 7. The number of carbonyl (C=O) groups is 1. The number of nitrogens with one attached hydrogen (secondary N) is 1. The molecule has 1 aromatic rings. The van der Waals surface area contributed by atoms with Gasteiger partial charge in [-0.3, -0.25) is 4.79 Å². The standard InChI is InChI=1S/C15H24N2OS/c1-5-17(6-2)15(18)12(3)19-14-9-7-13(8-10-14)11-16-4/h7-10,12,16H,5-6,11H2,1-4H3. The Hall–Kier alpha value is -1.00. The van der Waals surface area contributed by atoms with Crippen molar-refractivity contribution < 1.29 is 4.79 Å². The Morgan fingerprint density at radius 2 is 1.84 bits per heavy atom. The molecule has 1 N–H and O–H groups in total. The van der Waals surface area contributed by atoms with E-state index in [0.29, 0.717) is 0 Å². The van der Waals surface area contributed by atoms with E-state index in [-0.39, 0.29) is 11.2 Å². The molecule has 0 aliphatic carbocycles. The fourth-order valence-electron chi connectivity index (χ4n) is 1.94. The third-order valence-corrected chi connectivity index (χ3v) is 4.14. The van der Waals surface area contributed by atoms with Crippen LogP contribution in [0.5, 0.6) is 0 Å². The van der Waals surface area contributed by atoms with Gasteiger partial charge in [0.1, 0.15) is 0 Å². The molecule has 0 heterocycles. The van der Waals surface area contributed by atoms with Gasteiger partial charge in [-0.1, -0.05) is 12.1 Å². The van der Waals surface area contributed by atoms with Crippen molar-refractivity contribution >= 4 is 17.7 Å². The minimum absolute atomic E-state index is 0.0324. The first-order chi connectivity index (χ1) is 9.12. The number of carbonyl (C=O) groups excluding carboxylic acids is 1. The first kappa shape index (κ1) is 16.1. The molecule has 4 heteroatoms. The minimum atomic E-state index is -0.0324. The molecule has 0 aliphatic heterocycles. The van der Waals surface area contributed by atoms with Gasteiger partial charge in [-0.25, -0.2) is 0 Å². The van der Waals surface area contributed by atoms with Crippen LogP contribution >= 0.6 is 11.8 Å². The van der Waals surface area contributed by atoms with Gasteiger partial charge in [0.15, 0.2) is 0 Å². The van der Waals surface area contributed by atoms with E-state index in [1.807, 2.05) is 32.7 Å². The van der Waals surface area contributed by atoms with E-state index < -0.39 is 0 Å². The SMILES string of the molecule is CCN(CC)C(=O)C(C)Sc1ccc(CNC)cc1. The highest BCUT2D eigenvalue weighted by Gasteiger charge is 2.18. The van der Waals surface area contributed by atoms with Gasteiger partial charge in [0, 0.05) is 24.5 Å². The molecular formula is C15H24N2OS. The quantitative estimate of drug-likeness (QED) is 0.780. The van der Waals surface area contributed by atoms with Gasteiger partial charge in [0.05, 0.1) is 5.25 Å². The van der Waals surface area contributed by atoms with Gasteiger partial charge in [0.2, 0.25) is 5.91 Å². The van der Waals surface area contributed by atoms with Crippen molar-refractivity contribution in [1.29, 1.82) is 0 Å². The number of hydrogen-bond acceptors (Lipinski definition) is 3. The zero-order valence-electron chi connectivity index (χ0n) is 12.3. The summed E-state index contributed by atoms with van der Waals surface area (Å²) in [5.41, 5.74) is 1.26. The van der Waals surface area contributed by atoms with Crippen molar-refractivity contribution in [1.82, 2.24) is 10.2 Å². The fourth-order valence-corrected chi connectivity index (χ4v) is 2.89. The van der Waals surface area contributed by atoms with E-state index in [4.69, 9.17) is 0 Å². The van der Waals surface area contributed by atoms with Crippen molar-refractivity contribution in [2.24, 2.45) is 0 Å². The van der Waals surface area contributed by atoms with Crippen molar-refractivity contribution in [3.63, 3.8) is 0 Å². The minimum Gasteiger partial charge on any atom is -0.342 e. The van der Waals surface area contributed by atoms with Crippen LogP contribution in [0.4, 0.5) is 0 Å². The van der Waals surface area contributed by atoms with Crippen LogP contribution in [0.1, 0.15) is 26.3 Å². The van der Waals surface area contributed by atoms with Crippen LogP contribution < -0.4 is 5.32 Å². The maximum absolute atomic E-state index is 12.2. The monoisotopic (exact) mass is 280 g/mol. The summed E-state index contributed by atoms with van der Waals surface area (Å²) in [6, 6.07) is 8.38. The molecule has 3 nitrogen and oxygen atoms in total. The summed E-state index contributed by atoms with van der Waals surface area (Å²) in [5, 5.41) is 3.09. The van der Waals surface area contributed by atoms with Gasteiger partial charge >= 0.3 is 0 Å². The van der Waals surface area contributed by atoms with Crippen LogP contribution in [0, 0.1) is 0 Å². The zero-order valence-corrected chi connectivity index (χ0v) is 13.1. The Bertz CT molecular complexity index is 388. The summed E-state index contributed by atoms with van der Waals surface area (Å²) in [6.07, 6.45) is 0. The molecule has 1 aromatic carbocycles. The van der Waals surface area contributed by atoms with Crippen molar-refractivity contribution in [3.05, 3.63) is 29.8 Å². The Balaban J connectivity index is 2.60. The Kier molecular flexibility index (Phi) is 6.95. The summed E-state index contributed by atoms with van der Waals surface area (Å²) in [4.78, 5) is 15.2. The normalized spacial score (nSPS) is 12.2. The van der Waals surface area contributed by atoms with Gasteiger partial charge in [-0.15, -0.1) is 11.8 Å². The van der Waals surface area contributed by atoms with Crippen LogP contribution in [-0.4, -0.2) is 36.2 Å². The lowest BCUT2D eigenvalue weighted by molar-refractivity contribution is -0.129. The predicted octanol–water partition coefficient (Wildman–Crippen LogP) is 2.76. The van der Waals surface area contributed by atoms with E-state index in [2.05, 4.69) is 29.6 Å². The number of nitrogens with zero attached hydrogens (tertiary/aromatic N) is 1. The Morgan fingerprint density at radius 1 is 1.26 bits per heavy atom. The van der Waals surface area contributed by atoms with E-state index in [9.17, 15) is 4.79 Å². The third-order valence-electron chi connectivity index (χ3n) is 3.04. The lowest BCUT2D eigenvalue weighted by Crippen LogP contribution is -2.36. The first-order valence-corrected chi connectivity index (χ1v) is 7.69. The summed E-state index contributed by atoms with van der Waals surface area (Å²) in [7, 11) is 1.94. The zero-order chi connectivity index (χ0) is 14.3. The summed E-state index contributed by atoms with van der Waals surface area (Å²) in [5.74, 6) is 0.217. The molecular weight excluding hydrogens is 256 g/mol. The predicted molar refractivity (Wildman–Crippen MR) is 82.5 cm³/mol. The average Bonchev–Trinajstić information content (AvgIpc) is 2.42. The second-order valence-corrected chi connectivity index (χ2v) is 5.86. The molecule has 19 heavy (non-hydrogen) atoms. The van der Waals surface area contributed by atoms with Gasteiger partial charge < -0.3 is 10.2 Å². The van der Waals surface area contributed by atoms with Gasteiger partial charge in [-0.2, -0.15) is 0 Å². The number of benzene rings is 1.